The Bertz CT molecular complexity index is 629. The monoisotopic (exact) mass is 310 g/mol. The molecule has 0 saturated heterocycles. The molecule has 1 aromatic heterocycles. The maximum atomic E-state index is 12.0. The van der Waals surface area contributed by atoms with Gasteiger partial charge in [-0.1, -0.05) is 6.07 Å². The molecule has 2 rings (SSSR count). The van der Waals surface area contributed by atoms with Gasteiger partial charge in [-0.25, -0.2) is 4.79 Å². The summed E-state index contributed by atoms with van der Waals surface area (Å²) in [6, 6.07) is 5.65. The van der Waals surface area contributed by atoms with Crippen molar-refractivity contribution in [2.75, 3.05) is 13.0 Å². The lowest BCUT2D eigenvalue weighted by atomic mass is 9.87. The number of nitrogens with zero attached hydrogens (tertiary/aromatic N) is 1. The van der Waals surface area contributed by atoms with Gasteiger partial charge in [0.1, 0.15) is 17.4 Å². The number of methoxy groups -OCH3 is 1. The average molecular weight is 311 g/mol. The Kier molecular flexibility index (Phi) is 4.32. The number of hydrogen-bond acceptors (Lipinski definition) is 6. The molecule has 1 aliphatic rings. The number of ether oxygens (including phenoxy) is 2. The largest absolute Gasteiger partial charge is 0.466 e. The van der Waals surface area contributed by atoms with Crippen molar-refractivity contribution in [3.05, 3.63) is 45.2 Å². The molecule has 0 spiro atoms. The lowest BCUT2D eigenvalue weighted by Crippen LogP contribution is -2.25. The predicted molar refractivity (Wildman–Crippen MR) is 74.7 cm³/mol. The number of hydrogen-bond donors (Lipinski definition) is 1. The van der Waals surface area contributed by atoms with Gasteiger partial charge in [-0.15, -0.1) is 22.9 Å². The molecule has 2 N–H and O–H groups in total. The third kappa shape index (κ3) is 2.38. The van der Waals surface area contributed by atoms with Crippen molar-refractivity contribution < 1.29 is 14.3 Å². The zero-order valence-electron chi connectivity index (χ0n) is 10.6. The first-order valence-electron chi connectivity index (χ1n) is 5.62. The molecule has 7 heteroatoms. The zero-order chi connectivity index (χ0) is 14.7. The highest BCUT2D eigenvalue weighted by Gasteiger charge is 2.37. The second kappa shape index (κ2) is 5.99. The number of rotatable bonds is 3. The summed E-state index contributed by atoms with van der Waals surface area (Å²) >= 11 is 7.22. The summed E-state index contributed by atoms with van der Waals surface area (Å²) in [5, 5.41) is 11.1. The van der Waals surface area contributed by atoms with Crippen molar-refractivity contribution in [3.63, 3.8) is 0 Å². The van der Waals surface area contributed by atoms with E-state index in [2.05, 4.69) is 0 Å². The van der Waals surface area contributed by atoms with Gasteiger partial charge in [0.2, 0.25) is 5.88 Å². The van der Waals surface area contributed by atoms with Crippen LogP contribution >= 0.6 is 22.9 Å². The lowest BCUT2D eigenvalue weighted by molar-refractivity contribution is -0.136. The Hall–Kier alpha value is -1.97. The van der Waals surface area contributed by atoms with Crippen molar-refractivity contribution in [2.24, 2.45) is 5.73 Å². The van der Waals surface area contributed by atoms with Gasteiger partial charge in [0.25, 0.3) is 0 Å². The highest BCUT2D eigenvalue weighted by molar-refractivity contribution is 7.10. The molecule has 0 aromatic carbocycles. The van der Waals surface area contributed by atoms with Crippen LogP contribution in [0.25, 0.3) is 0 Å². The molecule has 0 aliphatic carbocycles. The van der Waals surface area contributed by atoms with Crippen LogP contribution < -0.4 is 5.73 Å². The number of nitrogens with two attached hydrogens (primary N) is 1. The summed E-state index contributed by atoms with van der Waals surface area (Å²) in [7, 11) is 1.26. The minimum absolute atomic E-state index is 0.0331. The number of allylic oxidation sites excluding steroid dienone is 2. The summed E-state index contributed by atoms with van der Waals surface area (Å²) in [6.07, 6.45) is 0. The fourth-order valence-corrected chi connectivity index (χ4v) is 3.03. The van der Waals surface area contributed by atoms with Crippen LogP contribution in [0, 0.1) is 11.3 Å². The van der Waals surface area contributed by atoms with Gasteiger partial charge < -0.3 is 15.2 Å². The number of carbonyl (C=O) groups excluding carboxylic acids is 1. The molecule has 0 radical (unpaired) electrons. The minimum Gasteiger partial charge on any atom is -0.466 e. The van der Waals surface area contributed by atoms with E-state index in [0.29, 0.717) is 0 Å². The smallest absolute Gasteiger partial charge is 0.338 e. The molecule has 1 aliphatic heterocycles. The van der Waals surface area contributed by atoms with E-state index in [1.54, 1.807) is 0 Å². The van der Waals surface area contributed by atoms with Crippen LogP contribution in [-0.4, -0.2) is 19.0 Å². The van der Waals surface area contributed by atoms with E-state index in [4.69, 9.17) is 26.8 Å². The first-order chi connectivity index (χ1) is 9.63. The highest BCUT2D eigenvalue weighted by Crippen LogP contribution is 2.41. The Labute approximate surface area is 124 Å². The van der Waals surface area contributed by atoms with Gasteiger partial charge in [0, 0.05) is 4.88 Å². The second-order valence-corrected chi connectivity index (χ2v) is 5.15. The Balaban J connectivity index is 2.64. The van der Waals surface area contributed by atoms with E-state index >= 15 is 0 Å². The van der Waals surface area contributed by atoms with Crippen molar-refractivity contribution in [1.82, 2.24) is 0 Å². The summed E-state index contributed by atoms with van der Waals surface area (Å²) in [5.74, 6) is -1.04. The van der Waals surface area contributed by atoms with E-state index < -0.39 is 11.9 Å². The molecule has 0 fully saturated rings. The van der Waals surface area contributed by atoms with E-state index in [1.807, 2.05) is 23.6 Å². The fraction of sp³-hybridized carbons (Fsp3) is 0.231. The molecule has 1 aromatic rings. The molecule has 0 amide bonds. The van der Waals surface area contributed by atoms with Crippen LogP contribution in [0.4, 0.5) is 0 Å². The molecule has 20 heavy (non-hydrogen) atoms. The highest BCUT2D eigenvalue weighted by atomic mass is 35.5. The van der Waals surface area contributed by atoms with Gasteiger partial charge in [-0.3, -0.25) is 0 Å². The summed E-state index contributed by atoms with van der Waals surface area (Å²) in [5.41, 5.74) is 6.15. The summed E-state index contributed by atoms with van der Waals surface area (Å²) < 4.78 is 10.1. The number of esters is 1. The quantitative estimate of drug-likeness (QED) is 0.683. The maximum absolute atomic E-state index is 12.0. The fourth-order valence-electron chi connectivity index (χ4n) is 1.99. The summed E-state index contributed by atoms with van der Waals surface area (Å²) in [4.78, 5) is 12.8. The van der Waals surface area contributed by atoms with Gasteiger partial charge >= 0.3 is 5.97 Å². The lowest BCUT2D eigenvalue weighted by Gasteiger charge is -2.26. The maximum Gasteiger partial charge on any atom is 0.338 e. The molecule has 0 bridgehead atoms. The van der Waals surface area contributed by atoms with Crippen LogP contribution in [0.3, 0.4) is 0 Å². The topological polar surface area (TPSA) is 85.3 Å². The van der Waals surface area contributed by atoms with Gasteiger partial charge in [0.05, 0.1) is 24.5 Å². The van der Waals surface area contributed by atoms with Crippen LogP contribution in [0.1, 0.15) is 10.8 Å². The standard InChI is InChI=1S/C13H11ClN2O3S/c1-18-13(17)11-8(5-14)19-12(16)7(6-15)10(11)9-3-2-4-20-9/h2-4,10H,5,16H2,1H3. The minimum atomic E-state index is -0.602. The molecule has 0 saturated carbocycles. The number of nitriles is 1. The van der Waals surface area contributed by atoms with E-state index in [9.17, 15) is 10.1 Å². The Morgan fingerprint density at radius 3 is 2.95 bits per heavy atom. The molecule has 1 atom stereocenters. The van der Waals surface area contributed by atoms with Crippen LogP contribution in [0.15, 0.2) is 40.3 Å². The Morgan fingerprint density at radius 2 is 2.45 bits per heavy atom. The van der Waals surface area contributed by atoms with E-state index in [1.165, 1.54) is 18.4 Å². The normalized spacial score (nSPS) is 18.6. The van der Waals surface area contributed by atoms with Gasteiger partial charge in [0.15, 0.2) is 0 Å². The molecular formula is C13H11ClN2O3S. The predicted octanol–water partition coefficient (Wildman–Crippen LogP) is 2.22. The van der Waals surface area contributed by atoms with Crippen LogP contribution in [0.2, 0.25) is 0 Å². The number of carbonyl (C=O) groups is 1. The summed E-state index contributed by atoms with van der Waals surface area (Å²) in [6.45, 7) is 0. The van der Waals surface area contributed by atoms with Crippen molar-refractivity contribution in [1.29, 1.82) is 5.26 Å². The molecule has 2 heterocycles. The number of halogens is 1. The zero-order valence-corrected chi connectivity index (χ0v) is 12.1. The van der Waals surface area contributed by atoms with Crippen LogP contribution in [-0.2, 0) is 14.3 Å². The first-order valence-corrected chi connectivity index (χ1v) is 7.03. The molecular weight excluding hydrogens is 300 g/mol. The Morgan fingerprint density at radius 1 is 1.70 bits per heavy atom. The third-order valence-corrected chi connectivity index (χ3v) is 4.03. The third-order valence-electron chi connectivity index (χ3n) is 2.85. The molecule has 104 valence electrons. The van der Waals surface area contributed by atoms with Crippen molar-refractivity contribution >= 4 is 28.9 Å². The van der Waals surface area contributed by atoms with E-state index in [0.717, 1.165) is 4.88 Å². The van der Waals surface area contributed by atoms with Gasteiger partial charge in [-0.2, -0.15) is 5.26 Å². The number of alkyl halides is 1. The SMILES string of the molecule is COC(=O)C1=C(CCl)OC(N)=C(C#N)C1c1cccs1. The second-order valence-electron chi connectivity index (χ2n) is 3.90. The number of thiophene rings is 1. The van der Waals surface area contributed by atoms with Crippen molar-refractivity contribution in [3.8, 4) is 6.07 Å². The van der Waals surface area contributed by atoms with E-state index in [-0.39, 0.29) is 28.7 Å². The van der Waals surface area contributed by atoms with Gasteiger partial charge in [-0.05, 0) is 11.4 Å². The first kappa shape index (κ1) is 14.4. The van der Waals surface area contributed by atoms with Crippen LogP contribution in [0.5, 0.6) is 0 Å². The average Bonchev–Trinajstić information content (AvgIpc) is 2.98. The van der Waals surface area contributed by atoms with Crippen molar-refractivity contribution in [2.45, 2.75) is 5.92 Å². The molecule has 1 unspecified atom stereocenters. The molecule has 5 nitrogen and oxygen atoms in total.